The van der Waals surface area contributed by atoms with Gasteiger partial charge in [-0.1, -0.05) is 13.3 Å². The summed E-state index contributed by atoms with van der Waals surface area (Å²) in [5.74, 6) is 0.319. The molecule has 0 fully saturated rings. The highest BCUT2D eigenvalue weighted by Crippen LogP contribution is 2.30. The molecule has 0 aliphatic heterocycles. The van der Waals surface area contributed by atoms with Gasteiger partial charge in [0.1, 0.15) is 5.75 Å². The van der Waals surface area contributed by atoms with Gasteiger partial charge in [0.25, 0.3) is 5.69 Å². The minimum absolute atomic E-state index is 0.0648. The van der Waals surface area contributed by atoms with Crippen molar-refractivity contribution in [1.82, 2.24) is 0 Å². The van der Waals surface area contributed by atoms with Gasteiger partial charge >= 0.3 is 0 Å². The van der Waals surface area contributed by atoms with E-state index in [2.05, 4.69) is 12.6 Å². The van der Waals surface area contributed by atoms with Crippen LogP contribution in [0.2, 0.25) is 0 Å². The molecule has 0 aliphatic carbocycles. The molecule has 92 valence electrons. The molecule has 0 aliphatic rings. The predicted molar refractivity (Wildman–Crippen MR) is 67.0 cm³/mol. The molecule has 0 N–H and O–H groups in total. The molecule has 0 amide bonds. The van der Waals surface area contributed by atoms with Gasteiger partial charge in [-0.15, -0.1) is 12.6 Å². The van der Waals surface area contributed by atoms with Crippen molar-refractivity contribution in [3.8, 4) is 5.75 Å². The van der Waals surface area contributed by atoms with Gasteiger partial charge in [0.05, 0.1) is 17.6 Å². The number of nitro groups is 1. The quantitative estimate of drug-likeness (QED) is 0.499. The normalized spacial score (nSPS) is 10.1. The first kappa shape index (κ1) is 13.5. The van der Waals surface area contributed by atoms with Crippen molar-refractivity contribution in [1.29, 1.82) is 0 Å². The van der Waals surface area contributed by atoms with Gasteiger partial charge < -0.3 is 4.74 Å². The molecule has 1 aromatic carbocycles. The second-order valence-corrected chi connectivity index (χ2v) is 3.90. The molecule has 0 bridgehead atoms. The van der Waals surface area contributed by atoms with Gasteiger partial charge in [-0.25, -0.2) is 0 Å². The molecule has 0 saturated heterocycles. The summed E-state index contributed by atoms with van der Waals surface area (Å²) in [6.07, 6.45) is 1.34. The summed E-state index contributed by atoms with van der Waals surface area (Å²) in [4.78, 5) is 21.6. The number of benzene rings is 1. The smallest absolute Gasteiger partial charge is 0.273 e. The van der Waals surface area contributed by atoms with E-state index in [-0.39, 0.29) is 11.3 Å². The Morgan fingerprint density at radius 1 is 1.53 bits per heavy atom. The van der Waals surface area contributed by atoms with Gasteiger partial charge in [-0.2, -0.15) is 0 Å². The molecule has 0 radical (unpaired) electrons. The number of nitrogens with zero attached hydrogens (tertiary/aromatic N) is 1. The summed E-state index contributed by atoms with van der Waals surface area (Å²) in [6, 6.07) is 2.75. The molecular weight excluding hydrogens is 242 g/mol. The molecule has 0 saturated carbocycles. The third-order valence-corrected chi connectivity index (χ3v) is 2.59. The second kappa shape index (κ2) is 5.67. The van der Waals surface area contributed by atoms with Crippen molar-refractivity contribution in [3.05, 3.63) is 33.4 Å². The van der Waals surface area contributed by atoms with E-state index in [0.717, 1.165) is 6.42 Å². The van der Waals surface area contributed by atoms with E-state index in [9.17, 15) is 14.9 Å². The highest BCUT2D eigenvalue weighted by Gasteiger charge is 2.20. The Balaban J connectivity index is 3.41. The van der Waals surface area contributed by atoms with Crippen LogP contribution in [0, 0.1) is 10.1 Å². The van der Waals surface area contributed by atoms with Crippen LogP contribution in [0.25, 0.3) is 0 Å². The minimum atomic E-state index is -0.548. The highest BCUT2D eigenvalue weighted by molar-refractivity contribution is 7.97. The molecule has 0 unspecified atom stereocenters. The minimum Gasteiger partial charge on any atom is -0.496 e. The maximum atomic E-state index is 11.2. The number of carbonyl (C=O) groups is 1. The average Bonchev–Trinajstić information content (AvgIpc) is 2.28. The second-order valence-electron chi connectivity index (χ2n) is 3.49. The van der Waals surface area contributed by atoms with Crippen molar-refractivity contribution >= 4 is 23.4 Å². The maximum Gasteiger partial charge on any atom is 0.273 e. The summed E-state index contributed by atoms with van der Waals surface area (Å²) < 4.78 is 5.04. The Hall–Kier alpha value is -1.56. The van der Waals surface area contributed by atoms with Gasteiger partial charge in [-0.05, 0) is 12.5 Å². The van der Waals surface area contributed by atoms with Crippen molar-refractivity contribution in [3.63, 3.8) is 0 Å². The third kappa shape index (κ3) is 2.97. The first-order valence-corrected chi connectivity index (χ1v) is 5.54. The van der Waals surface area contributed by atoms with Crippen molar-refractivity contribution in [2.75, 3.05) is 7.11 Å². The summed E-state index contributed by atoms with van der Waals surface area (Å²) in [5, 5.41) is 10.4. The summed E-state index contributed by atoms with van der Waals surface area (Å²) in [7, 11) is 1.41. The number of carbonyl (C=O) groups excluding carboxylic acids is 1. The Labute approximate surface area is 104 Å². The van der Waals surface area contributed by atoms with E-state index in [1.807, 2.05) is 6.92 Å². The zero-order valence-electron chi connectivity index (χ0n) is 9.60. The zero-order chi connectivity index (χ0) is 13.0. The number of hydrogen-bond acceptors (Lipinski definition) is 4. The standard InChI is InChI=1S/C11H13NO4S/c1-3-4-7-5-10(16-2)8(11(13)17)6-9(7)12(14)15/h5-6H,3-4H2,1-2H3,(H,13,17). The number of aryl methyl sites for hydroxylation is 1. The Morgan fingerprint density at radius 3 is 2.59 bits per heavy atom. The van der Waals surface area contributed by atoms with Crippen LogP contribution in [-0.2, 0) is 6.42 Å². The van der Waals surface area contributed by atoms with Crippen molar-refractivity contribution < 1.29 is 14.5 Å². The highest BCUT2D eigenvalue weighted by atomic mass is 32.1. The molecule has 0 spiro atoms. The van der Waals surface area contributed by atoms with E-state index in [0.29, 0.717) is 17.7 Å². The van der Waals surface area contributed by atoms with Gasteiger partial charge in [0.15, 0.2) is 0 Å². The molecule has 0 atom stereocenters. The predicted octanol–water partition coefficient (Wildman–Crippen LogP) is 2.63. The molecule has 17 heavy (non-hydrogen) atoms. The van der Waals surface area contributed by atoms with Gasteiger partial charge in [0.2, 0.25) is 5.12 Å². The van der Waals surface area contributed by atoms with Crippen LogP contribution in [0.4, 0.5) is 5.69 Å². The van der Waals surface area contributed by atoms with Crippen LogP contribution in [0.5, 0.6) is 5.75 Å². The van der Waals surface area contributed by atoms with E-state index in [1.54, 1.807) is 0 Å². The number of hydrogen-bond donors (Lipinski definition) is 1. The summed E-state index contributed by atoms with van der Waals surface area (Å²) in [6.45, 7) is 1.92. The van der Waals surface area contributed by atoms with E-state index >= 15 is 0 Å². The fraction of sp³-hybridized carbons (Fsp3) is 0.364. The monoisotopic (exact) mass is 255 g/mol. The summed E-state index contributed by atoms with van der Waals surface area (Å²) >= 11 is 3.67. The average molecular weight is 255 g/mol. The maximum absolute atomic E-state index is 11.2. The molecular formula is C11H13NO4S. The first-order valence-electron chi connectivity index (χ1n) is 5.09. The van der Waals surface area contributed by atoms with Crippen LogP contribution in [0.3, 0.4) is 0 Å². The van der Waals surface area contributed by atoms with Crippen LogP contribution in [0.1, 0.15) is 29.3 Å². The number of rotatable bonds is 5. The molecule has 5 nitrogen and oxygen atoms in total. The van der Waals surface area contributed by atoms with E-state index < -0.39 is 10.0 Å². The fourth-order valence-electron chi connectivity index (χ4n) is 1.59. The Bertz CT molecular complexity index is 459. The number of nitro benzene ring substituents is 1. The molecule has 1 aromatic rings. The number of thiol groups is 1. The van der Waals surface area contributed by atoms with E-state index in [4.69, 9.17) is 4.74 Å². The lowest BCUT2D eigenvalue weighted by atomic mass is 10.0. The lowest BCUT2D eigenvalue weighted by Gasteiger charge is -2.08. The van der Waals surface area contributed by atoms with Crippen molar-refractivity contribution in [2.24, 2.45) is 0 Å². The van der Waals surface area contributed by atoms with Gasteiger partial charge in [0, 0.05) is 11.6 Å². The molecule has 1 rings (SSSR count). The lowest BCUT2D eigenvalue weighted by molar-refractivity contribution is -0.385. The molecule has 6 heteroatoms. The van der Waals surface area contributed by atoms with E-state index in [1.165, 1.54) is 19.2 Å². The number of ether oxygens (including phenoxy) is 1. The fourth-order valence-corrected chi connectivity index (χ4v) is 1.76. The van der Waals surface area contributed by atoms with Gasteiger partial charge in [-0.3, -0.25) is 14.9 Å². The topological polar surface area (TPSA) is 69.4 Å². The first-order chi connectivity index (χ1) is 8.01. The number of methoxy groups -OCH3 is 1. The van der Waals surface area contributed by atoms with Crippen molar-refractivity contribution in [2.45, 2.75) is 19.8 Å². The largest absolute Gasteiger partial charge is 0.496 e. The van der Waals surface area contributed by atoms with Crippen LogP contribution in [-0.4, -0.2) is 17.1 Å². The molecule has 0 heterocycles. The van der Waals surface area contributed by atoms with Crippen LogP contribution in [0.15, 0.2) is 12.1 Å². The third-order valence-electron chi connectivity index (χ3n) is 2.35. The zero-order valence-corrected chi connectivity index (χ0v) is 10.5. The van der Waals surface area contributed by atoms with Crippen LogP contribution < -0.4 is 4.74 Å². The SMILES string of the molecule is CCCc1cc(OC)c(C(=O)S)cc1[N+](=O)[O-]. The lowest BCUT2D eigenvalue weighted by Crippen LogP contribution is -2.02. The summed E-state index contributed by atoms with van der Waals surface area (Å²) in [5.41, 5.74) is 0.611. The Kier molecular flexibility index (Phi) is 4.51. The molecule has 0 aromatic heterocycles. The Morgan fingerprint density at radius 2 is 2.18 bits per heavy atom. The van der Waals surface area contributed by atoms with Crippen LogP contribution >= 0.6 is 12.6 Å².